The third kappa shape index (κ3) is 1.65. The molecule has 0 saturated heterocycles. The van der Waals surface area contributed by atoms with Crippen LogP contribution in [0.15, 0.2) is 17.1 Å². The summed E-state index contributed by atoms with van der Waals surface area (Å²) in [7, 11) is 1.58. The SMILES string of the molecule is Cn1cc(NC=O)c(Cl)cc1=O. The summed E-state index contributed by atoms with van der Waals surface area (Å²) in [5, 5.41) is 2.61. The fourth-order valence-corrected chi connectivity index (χ4v) is 0.973. The van der Waals surface area contributed by atoms with Crippen molar-refractivity contribution in [1.29, 1.82) is 0 Å². The van der Waals surface area contributed by atoms with Gasteiger partial charge in [0.05, 0.1) is 10.7 Å². The molecule has 4 nitrogen and oxygen atoms in total. The lowest BCUT2D eigenvalue weighted by Crippen LogP contribution is -2.15. The van der Waals surface area contributed by atoms with Gasteiger partial charge in [-0.05, 0) is 0 Å². The first-order chi connectivity index (χ1) is 5.65. The molecule has 1 N–H and O–H groups in total. The number of nitrogens with one attached hydrogen (secondary N) is 1. The van der Waals surface area contributed by atoms with Crippen LogP contribution in [0.3, 0.4) is 0 Å². The van der Waals surface area contributed by atoms with Crippen molar-refractivity contribution in [3.05, 3.63) is 27.6 Å². The zero-order chi connectivity index (χ0) is 9.14. The smallest absolute Gasteiger partial charge is 0.251 e. The third-order valence-electron chi connectivity index (χ3n) is 1.39. The Labute approximate surface area is 73.8 Å². The van der Waals surface area contributed by atoms with E-state index in [9.17, 15) is 9.59 Å². The van der Waals surface area contributed by atoms with E-state index in [4.69, 9.17) is 11.6 Å². The van der Waals surface area contributed by atoms with Crippen LogP contribution in [0.2, 0.25) is 5.02 Å². The standard InChI is InChI=1S/C7H7ClN2O2/c1-10-3-6(9-4-11)5(8)2-7(10)12/h2-4H,1H3,(H,9,11). The van der Waals surface area contributed by atoms with Gasteiger partial charge in [0.2, 0.25) is 6.41 Å². The van der Waals surface area contributed by atoms with Crippen LogP contribution in [0.5, 0.6) is 0 Å². The number of amides is 1. The van der Waals surface area contributed by atoms with E-state index in [-0.39, 0.29) is 10.6 Å². The van der Waals surface area contributed by atoms with Crippen molar-refractivity contribution in [2.45, 2.75) is 0 Å². The van der Waals surface area contributed by atoms with E-state index in [0.29, 0.717) is 12.1 Å². The summed E-state index contributed by atoms with van der Waals surface area (Å²) in [6, 6.07) is 1.24. The lowest BCUT2D eigenvalue weighted by molar-refractivity contribution is -0.105. The molecule has 64 valence electrons. The molecule has 0 radical (unpaired) electrons. The van der Waals surface area contributed by atoms with Crippen LogP contribution in [0.25, 0.3) is 0 Å². The molecule has 12 heavy (non-hydrogen) atoms. The van der Waals surface area contributed by atoms with Crippen molar-refractivity contribution in [2.75, 3.05) is 5.32 Å². The Morgan fingerprint density at radius 2 is 2.33 bits per heavy atom. The molecule has 5 heteroatoms. The number of aromatic nitrogens is 1. The second-order valence-electron chi connectivity index (χ2n) is 2.25. The van der Waals surface area contributed by atoms with Gasteiger partial charge in [-0.3, -0.25) is 9.59 Å². The van der Waals surface area contributed by atoms with E-state index in [0.717, 1.165) is 0 Å². The van der Waals surface area contributed by atoms with Crippen LogP contribution in [-0.4, -0.2) is 11.0 Å². The van der Waals surface area contributed by atoms with Gasteiger partial charge in [0.1, 0.15) is 0 Å². The molecule has 0 unspecified atom stereocenters. The fourth-order valence-electron chi connectivity index (χ4n) is 0.777. The third-order valence-corrected chi connectivity index (χ3v) is 1.71. The maximum Gasteiger partial charge on any atom is 0.251 e. The first-order valence-corrected chi connectivity index (χ1v) is 3.59. The second kappa shape index (κ2) is 3.40. The highest BCUT2D eigenvalue weighted by atomic mass is 35.5. The van der Waals surface area contributed by atoms with Crippen LogP contribution in [0.1, 0.15) is 0 Å². The molecule has 1 aromatic rings. The van der Waals surface area contributed by atoms with E-state index in [2.05, 4.69) is 5.32 Å². The molecule has 0 aliphatic carbocycles. The summed E-state index contributed by atoms with van der Waals surface area (Å²) in [4.78, 5) is 21.0. The van der Waals surface area contributed by atoms with Crippen molar-refractivity contribution in [3.8, 4) is 0 Å². The Balaban J connectivity index is 3.22. The number of rotatable bonds is 2. The lowest BCUT2D eigenvalue weighted by atomic mass is 10.4. The Kier molecular flexibility index (Phi) is 2.50. The van der Waals surface area contributed by atoms with Gasteiger partial charge in [0.25, 0.3) is 5.56 Å². The highest BCUT2D eigenvalue weighted by Crippen LogP contribution is 2.16. The summed E-state index contributed by atoms with van der Waals surface area (Å²) < 4.78 is 1.33. The molecule has 1 aromatic heterocycles. The summed E-state index contributed by atoms with van der Waals surface area (Å²) in [6.45, 7) is 0. The van der Waals surface area contributed by atoms with Gasteiger partial charge in [-0.25, -0.2) is 0 Å². The summed E-state index contributed by atoms with van der Waals surface area (Å²) >= 11 is 5.65. The first kappa shape index (κ1) is 8.80. The topological polar surface area (TPSA) is 51.1 Å². The highest BCUT2D eigenvalue weighted by Gasteiger charge is 2.00. The van der Waals surface area contributed by atoms with Gasteiger partial charge < -0.3 is 9.88 Å². The van der Waals surface area contributed by atoms with E-state index < -0.39 is 0 Å². The second-order valence-corrected chi connectivity index (χ2v) is 2.65. The average Bonchev–Trinajstić information content (AvgIpc) is 2.01. The molecule has 0 aliphatic heterocycles. The molecule has 1 amide bonds. The van der Waals surface area contributed by atoms with Crippen molar-refractivity contribution in [2.24, 2.45) is 7.05 Å². The zero-order valence-electron chi connectivity index (χ0n) is 6.37. The van der Waals surface area contributed by atoms with Crippen LogP contribution in [-0.2, 0) is 11.8 Å². The monoisotopic (exact) mass is 186 g/mol. The van der Waals surface area contributed by atoms with Gasteiger partial charge in [-0.1, -0.05) is 11.6 Å². The van der Waals surface area contributed by atoms with Crippen LogP contribution in [0.4, 0.5) is 5.69 Å². The van der Waals surface area contributed by atoms with Crippen molar-refractivity contribution >= 4 is 23.7 Å². The lowest BCUT2D eigenvalue weighted by Gasteiger charge is -2.03. The minimum atomic E-state index is -0.212. The molecule has 0 atom stereocenters. The van der Waals surface area contributed by atoms with Crippen molar-refractivity contribution in [3.63, 3.8) is 0 Å². The molecule has 0 aliphatic rings. The maximum atomic E-state index is 11.0. The molecular formula is C7H7ClN2O2. The molecule has 0 spiro atoms. The van der Waals surface area contributed by atoms with E-state index in [1.807, 2.05) is 0 Å². The van der Waals surface area contributed by atoms with Gasteiger partial charge in [-0.15, -0.1) is 0 Å². The minimum absolute atomic E-state index is 0.212. The Bertz CT molecular complexity index is 359. The quantitative estimate of drug-likeness (QED) is 0.688. The number of pyridine rings is 1. The highest BCUT2D eigenvalue weighted by molar-refractivity contribution is 6.33. The molecule has 1 heterocycles. The number of carbonyl (C=O) groups is 1. The fraction of sp³-hybridized carbons (Fsp3) is 0.143. The number of anilines is 1. The van der Waals surface area contributed by atoms with Gasteiger partial charge in [-0.2, -0.15) is 0 Å². The van der Waals surface area contributed by atoms with Crippen LogP contribution < -0.4 is 10.9 Å². The van der Waals surface area contributed by atoms with Crippen molar-refractivity contribution in [1.82, 2.24) is 4.57 Å². The van der Waals surface area contributed by atoms with E-state index in [1.165, 1.54) is 16.8 Å². The van der Waals surface area contributed by atoms with Crippen LogP contribution >= 0.6 is 11.6 Å². The van der Waals surface area contributed by atoms with Gasteiger partial charge in [0.15, 0.2) is 0 Å². The first-order valence-electron chi connectivity index (χ1n) is 3.21. The molecule has 0 fully saturated rings. The summed E-state index contributed by atoms with van der Waals surface area (Å²) in [6.07, 6.45) is 1.96. The van der Waals surface area contributed by atoms with Crippen molar-refractivity contribution < 1.29 is 4.79 Å². The largest absolute Gasteiger partial charge is 0.326 e. The molecule has 0 aromatic carbocycles. The number of halogens is 1. The average molecular weight is 187 g/mol. The Morgan fingerprint density at radius 1 is 1.67 bits per heavy atom. The minimum Gasteiger partial charge on any atom is -0.326 e. The molecule has 0 saturated carbocycles. The summed E-state index contributed by atoms with van der Waals surface area (Å²) in [5.41, 5.74) is 0.213. The number of nitrogens with zero attached hydrogens (tertiary/aromatic N) is 1. The predicted molar refractivity (Wildman–Crippen MR) is 46.4 cm³/mol. The number of aryl methyl sites for hydroxylation is 1. The molecule has 0 bridgehead atoms. The maximum absolute atomic E-state index is 11.0. The number of hydrogen-bond acceptors (Lipinski definition) is 2. The van der Waals surface area contributed by atoms with Gasteiger partial charge >= 0.3 is 0 Å². The summed E-state index contributed by atoms with van der Waals surface area (Å²) in [5.74, 6) is 0. The van der Waals surface area contributed by atoms with E-state index in [1.54, 1.807) is 7.05 Å². The molecule has 1 rings (SSSR count). The van der Waals surface area contributed by atoms with Gasteiger partial charge in [0, 0.05) is 19.3 Å². The van der Waals surface area contributed by atoms with E-state index >= 15 is 0 Å². The predicted octanol–water partition coefficient (Wildman–Crippen LogP) is 0.607. The van der Waals surface area contributed by atoms with Crippen LogP contribution in [0, 0.1) is 0 Å². The number of hydrogen-bond donors (Lipinski definition) is 1. The number of carbonyl (C=O) groups excluding carboxylic acids is 1. The Hall–Kier alpha value is -1.29. The zero-order valence-corrected chi connectivity index (χ0v) is 7.13. The normalized spacial score (nSPS) is 9.50. The molecular weight excluding hydrogens is 180 g/mol. The Morgan fingerprint density at radius 3 is 2.92 bits per heavy atom.